The van der Waals surface area contributed by atoms with E-state index in [1.165, 1.54) is 0 Å². The Kier molecular flexibility index (Phi) is 3.92. The SMILES string of the molecule is COCc1ccc(O)c(C)c1COC. The van der Waals surface area contributed by atoms with E-state index in [1.807, 2.05) is 13.0 Å². The Morgan fingerprint density at radius 2 is 1.79 bits per heavy atom. The van der Waals surface area contributed by atoms with Gasteiger partial charge < -0.3 is 14.6 Å². The van der Waals surface area contributed by atoms with Crippen molar-refractivity contribution in [1.82, 2.24) is 0 Å². The van der Waals surface area contributed by atoms with E-state index in [-0.39, 0.29) is 0 Å². The van der Waals surface area contributed by atoms with Gasteiger partial charge in [-0.05, 0) is 29.7 Å². The highest BCUT2D eigenvalue weighted by atomic mass is 16.5. The number of phenols is 1. The van der Waals surface area contributed by atoms with E-state index >= 15 is 0 Å². The van der Waals surface area contributed by atoms with Gasteiger partial charge in [-0.3, -0.25) is 0 Å². The number of benzene rings is 1. The quantitative estimate of drug-likeness (QED) is 0.800. The Bertz CT molecular complexity index is 308. The van der Waals surface area contributed by atoms with Crippen LogP contribution in [0.2, 0.25) is 0 Å². The lowest BCUT2D eigenvalue weighted by Gasteiger charge is -2.12. The molecular formula is C11H16O3. The number of ether oxygens (including phenoxy) is 2. The molecule has 78 valence electrons. The molecular weight excluding hydrogens is 180 g/mol. The van der Waals surface area contributed by atoms with Gasteiger partial charge in [0.2, 0.25) is 0 Å². The number of hydrogen-bond acceptors (Lipinski definition) is 3. The van der Waals surface area contributed by atoms with Crippen molar-refractivity contribution < 1.29 is 14.6 Å². The number of aromatic hydroxyl groups is 1. The first-order valence-electron chi connectivity index (χ1n) is 4.49. The fourth-order valence-electron chi connectivity index (χ4n) is 1.44. The maximum atomic E-state index is 9.52. The first kappa shape index (κ1) is 11.0. The highest BCUT2D eigenvalue weighted by Crippen LogP contribution is 2.24. The predicted octanol–water partition coefficient (Wildman–Crippen LogP) is 1.99. The van der Waals surface area contributed by atoms with Gasteiger partial charge in [0.1, 0.15) is 5.75 Å². The summed E-state index contributed by atoms with van der Waals surface area (Å²) in [6.45, 7) is 2.92. The number of rotatable bonds is 4. The molecule has 0 aliphatic heterocycles. The van der Waals surface area contributed by atoms with Gasteiger partial charge in [0.05, 0.1) is 13.2 Å². The molecule has 0 fully saturated rings. The van der Waals surface area contributed by atoms with Crippen molar-refractivity contribution in [2.24, 2.45) is 0 Å². The van der Waals surface area contributed by atoms with E-state index in [0.717, 1.165) is 16.7 Å². The van der Waals surface area contributed by atoms with Crippen molar-refractivity contribution in [2.45, 2.75) is 20.1 Å². The van der Waals surface area contributed by atoms with Crippen LogP contribution in [-0.4, -0.2) is 19.3 Å². The fraction of sp³-hybridized carbons (Fsp3) is 0.455. The molecule has 0 unspecified atom stereocenters. The maximum Gasteiger partial charge on any atom is 0.118 e. The molecule has 0 radical (unpaired) electrons. The van der Waals surface area contributed by atoms with Gasteiger partial charge in [-0.2, -0.15) is 0 Å². The van der Waals surface area contributed by atoms with Crippen LogP contribution in [0.3, 0.4) is 0 Å². The van der Waals surface area contributed by atoms with Gasteiger partial charge in [0, 0.05) is 14.2 Å². The highest BCUT2D eigenvalue weighted by Gasteiger charge is 2.08. The summed E-state index contributed by atoms with van der Waals surface area (Å²) in [4.78, 5) is 0. The van der Waals surface area contributed by atoms with E-state index in [4.69, 9.17) is 9.47 Å². The lowest BCUT2D eigenvalue weighted by molar-refractivity contribution is 0.167. The molecule has 3 nitrogen and oxygen atoms in total. The first-order chi connectivity index (χ1) is 6.70. The van der Waals surface area contributed by atoms with Crippen LogP contribution in [0.25, 0.3) is 0 Å². The predicted molar refractivity (Wildman–Crippen MR) is 54.3 cm³/mol. The topological polar surface area (TPSA) is 38.7 Å². The Morgan fingerprint density at radius 1 is 1.14 bits per heavy atom. The maximum absolute atomic E-state index is 9.52. The summed E-state index contributed by atoms with van der Waals surface area (Å²) in [5.41, 5.74) is 2.93. The van der Waals surface area contributed by atoms with Crippen molar-refractivity contribution in [2.75, 3.05) is 14.2 Å². The number of phenolic OH excluding ortho intramolecular Hbond substituents is 1. The molecule has 3 heteroatoms. The lowest BCUT2D eigenvalue weighted by atomic mass is 10.0. The molecule has 0 atom stereocenters. The highest BCUT2D eigenvalue weighted by molar-refractivity contribution is 5.43. The van der Waals surface area contributed by atoms with Crippen LogP contribution in [-0.2, 0) is 22.7 Å². The molecule has 1 rings (SSSR count). The first-order valence-corrected chi connectivity index (χ1v) is 4.49. The van der Waals surface area contributed by atoms with Crippen LogP contribution in [0.4, 0.5) is 0 Å². The summed E-state index contributed by atoms with van der Waals surface area (Å²) in [6, 6.07) is 3.54. The summed E-state index contributed by atoms with van der Waals surface area (Å²) < 4.78 is 10.2. The van der Waals surface area contributed by atoms with Crippen LogP contribution in [0.1, 0.15) is 16.7 Å². The molecule has 1 aromatic carbocycles. The van der Waals surface area contributed by atoms with Crippen LogP contribution in [0.15, 0.2) is 12.1 Å². The average Bonchev–Trinajstić information content (AvgIpc) is 2.18. The molecule has 0 heterocycles. The Labute approximate surface area is 84.3 Å². The van der Waals surface area contributed by atoms with Crippen LogP contribution in [0.5, 0.6) is 5.75 Å². The molecule has 0 spiro atoms. The van der Waals surface area contributed by atoms with Gasteiger partial charge in [0.15, 0.2) is 0 Å². The second kappa shape index (κ2) is 4.98. The van der Waals surface area contributed by atoms with E-state index in [2.05, 4.69) is 0 Å². The standard InChI is InChI=1S/C11H16O3/c1-8-10(7-14-3)9(6-13-2)4-5-11(8)12/h4-5,12H,6-7H2,1-3H3. The smallest absolute Gasteiger partial charge is 0.118 e. The third kappa shape index (κ3) is 2.25. The van der Waals surface area contributed by atoms with Crippen molar-refractivity contribution in [3.63, 3.8) is 0 Å². The van der Waals surface area contributed by atoms with E-state index in [0.29, 0.717) is 19.0 Å². The van der Waals surface area contributed by atoms with Gasteiger partial charge in [-0.1, -0.05) is 6.07 Å². The molecule has 0 aliphatic rings. The minimum atomic E-state index is 0.303. The molecule has 0 saturated carbocycles. The molecule has 0 aromatic heterocycles. The van der Waals surface area contributed by atoms with Crippen LogP contribution in [0, 0.1) is 6.92 Å². The Hall–Kier alpha value is -1.06. The minimum absolute atomic E-state index is 0.303. The summed E-state index contributed by atoms with van der Waals surface area (Å²) in [7, 11) is 3.29. The van der Waals surface area contributed by atoms with Crippen molar-refractivity contribution in [1.29, 1.82) is 0 Å². The summed E-state index contributed by atoms with van der Waals surface area (Å²) >= 11 is 0. The number of hydrogen-bond donors (Lipinski definition) is 1. The van der Waals surface area contributed by atoms with Gasteiger partial charge in [-0.25, -0.2) is 0 Å². The van der Waals surface area contributed by atoms with Crippen molar-refractivity contribution in [3.8, 4) is 5.75 Å². The summed E-state index contributed by atoms with van der Waals surface area (Å²) in [6.07, 6.45) is 0. The molecule has 0 saturated heterocycles. The minimum Gasteiger partial charge on any atom is -0.508 e. The second-order valence-electron chi connectivity index (χ2n) is 3.21. The molecule has 1 N–H and O–H groups in total. The Balaban J connectivity index is 3.08. The normalized spacial score (nSPS) is 10.5. The average molecular weight is 196 g/mol. The zero-order valence-corrected chi connectivity index (χ0v) is 8.83. The molecule has 0 bridgehead atoms. The molecule has 14 heavy (non-hydrogen) atoms. The second-order valence-corrected chi connectivity index (χ2v) is 3.21. The van der Waals surface area contributed by atoms with E-state index in [1.54, 1.807) is 20.3 Å². The number of methoxy groups -OCH3 is 2. The molecule has 0 aliphatic carbocycles. The van der Waals surface area contributed by atoms with Crippen LogP contribution < -0.4 is 0 Å². The monoisotopic (exact) mass is 196 g/mol. The summed E-state index contributed by atoms with van der Waals surface area (Å²) in [5.74, 6) is 0.303. The van der Waals surface area contributed by atoms with Gasteiger partial charge in [-0.15, -0.1) is 0 Å². The zero-order valence-electron chi connectivity index (χ0n) is 8.83. The van der Waals surface area contributed by atoms with Crippen molar-refractivity contribution >= 4 is 0 Å². The van der Waals surface area contributed by atoms with Crippen molar-refractivity contribution in [3.05, 3.63) is 28.8 Å². The van der Waals surface area contributed by atoms with Crippen LogP contribution >= 0.6 is 0 Å². The summed E-state index contributed by atoms with van der Waals surface area (Å²) in [5, 5.41) is 9.52. The lowest BCUT2D eigenvalue weighted by Crippen LogP contribution is -2.00. The Morgan fingerprint density at radius 3 is 2.36 bits per heavy atom. The third-order valence-electron chi connectivity index (χ3n) is 2.26. The van der Waals surface area contributed by atoms with E-state index < -0.39 is 0 Å². The van der Waals surface area contributed by atoms with E-state index in [9.17, 15) is 5.11 Å². The fourth-order valence-corrected chi connectivity index (χ4v) is 1.44. The molecule has 1 aromatic rings. The largest absolute Gasteiger partial charge is 0.508 e. The van der Waals surface area contributed by atoms with Gasteiger partial charge >= 0.3 is 0 Å². The third-order valence-corrected chi connectivity index (χ3v) is 2.26. The van der Waals surface area contributed by atoms with Gasteiger partial charge in [0.25, 0.3) is 0 Å². The molecule has 0 amide bonds. The zero-order chi connectivity index (χ0) is 10.6.